The van der Waals surface area contributed by atoms with Crippen LogP contribution >= 0.6 is 11.3 Å². The van der Waals surface area contributed by atoms with Gasteiger partial charge in [0, 0.05) is 6.07 Å². The second kappa shape index (κ2) is 9.94. The summed E-state index contributed by atoms with van der Waals surface area (Å²) in [5.41, 5.74) is 1.08. The van der Waals surface area contributed by atoms with E-state index in [1.165, 1.54) is 29.9 Å². The molecule has 3 aromatic rings. The molecule has 7 nitrogen and oxygen atoms in total. The van der Waals surface area contributed by atoms with Gasteiger partial charge in [-0.2, -0.15) is 0 Å². The minimum atomic E-state index is -0.648. The number of benzene rings is 2. The largest absolute Gasteiger partial charge is 0.465 e. The molecule has 0 radical (unpaired) electrons. The average Bonchev–Trinajstić information content (AvgIpc) is 2.77. The molecule has 0 saturated heterocycles. The van der Waals surface area contributed by atoms with E-state index in [2.05, 4.69) is 4.99 Å². The molecule has 9 heteroatoms. The molecule has 3 rings (SSSR count). The Kier molecular flexibility index (Phi) is 7.09. The highest BCUT2D eigenvalue weighted by molar-refractivity contribution is 7.11. The number of nitrogens with zero attached hydrogens (tertiary/aromatic N) is 2. The molecule has 0 bridgehead atoms. The van der Waals surface area contributed by atoms with Gasteiger partial charge in [0.15, 0.2) is 4.80 Å². The summed E-state index contributed by atoms with van der Waals surface area (Å²) in [5.74, 6) is -1.48. The minimum Gasteiger partial charge on any atom is -0.465 e. The number of esters is 2. The Bertz CT molecular complexity index is 1210. The topological polar surface area (TPSA) is 87.0 Å². The third-order valence-corrected chi connectivity index (χ3v) is 5.20. The van der Waals surface area contributed by atoms with Crippen LogP contribution in [0.1, 0.15) is 32.5 Å². The molecule has 0 unspecified atom stereocenters. The summed E-state index contributed by atoms with van der Waals surface area (Å²) in [6.07, 6.45) is 0. The zero-order valence-corrected chi connectivity index (χ0v) is 17.6. The number of ether oxygens (including phenoxy) is 2. The summed E-state index contributed by atoms with van der Waals surface area (Å²) in [5, 5.41) is 0. The predicted octanol–water partition coefficient (Wildman–Crippen LogP) is 3.29. The molecule has 0 amide bonds. The zero-order valence-electron chi connectivity index (χ0n) is 16.8. The van der Waals surface area contributed by atoms with Crippen molar-refractivity contribution in [1.29, 1.82) is 0 Å². The molecule has 0 aliphatic heterocycles. The molecule has 0 fully saturated rings. The first kappa shape index (κ1) is 22.1. The Balaban J connectivity index is 2.08. The van der Waals surface area contributed by atoms with Crippen molar-refractivity contribution in [2.24, 2.45) is 4.99 Å². The third kappa shape index (κ3) is 5.52. The van der Waals surface area contributed by atoms with Crippen LogP contribution in [0.2, 0.25) is 0 Å². The SMILES string of the molecule is CCOC(=O)c1ccc(N=c2sc(C(=O)OC)cc(=O)n2Cc2ccc(F)cc2)cc1. The van der Waals surface area contributed by atoms with Crippen LogP contribution in [-0.2, 0) is 16.0 Å². The Morgan fingerprint density at radius 2 is 1.74 bits per heavy atom. The zero-order chi connectivity index (χ0) is 22.4. The van der Waals surface area contributed by atoms with Gasteiger partial charge >= 0.3 is 11.9 Å². The molecular formula is C22H19FN2O5S. The molecule has 160 valence electrons. The number of carbonyl (C=O) groups excluding carboxylic acids is 2. The number of aromatic nitrogens is 1. The number of hydrogen-bond donors (Lipinski definition) is 0. The lowest BCUT2D eigenvalue weighted by Crippen LogP contribution is -2.33. The van der Waals surface area contributed by atoms with Gasteiger partial charge in [-0.05, 0) is 48.9 Å². The van der Waals surface area contributed by atoms with Crippen molar-refractivity contribution in [3.63, 3.8) is 0 Å². The van der Waals surface area contributed by atoms with Crippen LogP contribution < -0.4 is 10.4 Å². The van der Waals surface area contributed by atoms with Crippen LogP contribution in [-0.4, -0.2) is 30.2 Å². The lowest BCUT2D eigenvalue weighted by atomic mass is 10.2. The molecule has 0 atom stereocenters. The van der Waals surface area contributed by atoms with Gasteiger partial charge in [-0.3, -0.25) is 9.36 Å². The number of carbonyl (C=O) groups is 2. The Hall–Kier alpha value is -3.59. The van der Waals surface area contributed by atoms with Gasteiger partial charge < -0.3 is 9.47 Å². The number of methoxy groups -OCH3 is 1. The molecule has 31 heavy (non-hydrogen) atoms. The van der Waals surface area contributed by atoms with E-state index in [9.17, 15) is 18.8 Å². The van der Waals surface area contributed by atoms with E-state index in [0.29, 0.717) is 16.8 Å². The maximum Gasteiger partial charge on any atom is 0.348 e. The molecule has 0 spiro atoms. The van der Waals surface area contributed by atoms with Crippen LogP contribution in [0, 0.1) is 5.82 Å². The van der Waals surface area contributed by atoms with Gasteiger partial charge in [-0.15, -0.1) is 0 Å². The molecule has 0 aliphatic carbocycles. The van der Waals surface area contributed by atoms with E-state index in [4.69, 9.17) is 9.47 Å². The fourth-order valence-corrected chi connectivity index (χ4v) is 3.61. The fraction of sp³-hybridized carbons (Fsp3) is 0.182. The molecule has 0 N–H and O–H groups in total. The monoisotopic (exact) mass is 442 g/mol. The van der Waals surface area contributed by atoms with Crippen molar-refractivity contribution in [3.8, 4) is 0 Å². The summed E-state index contributed by atoms with van der Waals surface area (Å²) in [6, 6.07) is 13.3. The first-order valence-electron chi connectivity index (χ1n) is 9.31. The van der Waals surface area contributed by atoms with Crippen LogP contribution in [0.5, 0.6) is 0 Å². The van der Waals surface area contributed by atoms with Gasteiger partial charge in [0.2, 0.25) is 0 Å². The normalized spacial score (nSPS) is 11.3. The smallest absolute Gasteiger partial charge is 0.348 e. The summed E-state index contributed by atoms with van der Waals surface area (Å²) in [4.78, 5) is 41.3. The third-order valence-electron chi connectivity index (χ3n) is 4.20. The van der Waals surface area contributed by atoms with Gasteiger partial charge in [-0.1, -0.05) is 23.5 Å². The van der Waals surface area contributed by atoms with Crippen LogP contribution in [0.4, 0.5) is 10.1 Å². The molecule has 0 aliphatic rings. The van der Waals surface area contributed by atoms with Crippen LogP contribution in [0.3, 0.4) is 0 Å². The van der Waals surface area contributed by atoms with Crippen molar-refractivity contribution in [1.82, 2.24) is 4.57 Å². The van der Waals surface area contributed by atoms with Gasteiger partial charge in [-0.25, -0.2) is 19.0 Å². The second-order valence-corrected chi connectivity index (χ2v) is 7.32. The van der Waals surface area contributed by atoms with Crippen molar-refractivity contribution >= 4 is 29.0 Å². The van der Waals surface area contributed by atoms with Crippen molar-refractivity contribution in [2.45, 2.75) is 13.5 Å². The average molecular weight is 442 g/mol. The quantitative estimate of drug-likeness (QED) is 0.547. The highest BCUT2D eigenvalue weighted by Gasteiger charge is 2.12. The molecular weight excluding hydrogens is 423 g/mol. The van der Waals surface area contributed by atoms with Crippen LogP contribution in [0.15, 0.2) is 64.4 Å². The first-order valence-corrected chi connectivity index (χ1v) is 10.1. The lowest BCUT2D eigenvalue weighted by Gasteiger charge is -2.08. The summed E-state index contributed by atoms with van der Waals surface area (Å²) >= 11 is 0.988. The maximum atomic E-state index is 13.2. The van der Waals surface area contributed by atoms with Crippen molar-refractivity contribution in [3.05, 3.63) is 91.6 Å². The first-order chi connectivity index (χ1) is 14.9. The number of hydrogen-bond acceptors (Lipinski definition) is 7. The summed E-state index contributed by atoms with van der Waals surface area (Å²) < 4.78 is 24.3. The molecule has 1 aromatic heterocycles. The standard InChI is InChI=1S/C22H19FN2O5S/c1-3-30-20(27)15-6-10-17(11-7-15)24-22-25(13-14-4-8-16(23)9-5-14)19(26)12-18(31-22)21(28)29-2/h4-12H,3,13H2,1-2H3. The van der Waals surface area contributed by atoms with E-state index >= 15 is 0 Å². The van der Waals surface area contributed by atoms with Crippen LogP contribution in [0.25, 0.3) is 0 Å². The molecule has 0 saturated carbocycles. The summed E-state index contributed by atoms with van der Waals surface area (Å²) in [6.45, 7) is 2.12. The summed E-state index contributed by atoms with van der Waals surface area (Å²) in [7, 11) is 1.23. The van der Waals surface area contributed by atoms with Gasteiger partial charge in [0.25, 0.3) is 5.56 Å². The molecule has 2 aromatic carbocycles. The molecule has 1 heterocycles. The highest BCUT2D eigenvalue weighted by Crippen LogP contribution is 2.14. The van der Waals surface area contributed by atoms with Gasteiger partial charge in [0.1, 0.15) is 10.7 Å². The fourth-order valence-electron chi connectivity index (χ4n) is 2.67. The second-order valence-electron chi connectivity index (χ2n) is 6.31. The maximum absolute atomic E-state index is 13.2. The number of rotatable bonds is 6. The van der Waals surface area contributed by atoms with E-state index in [0.717, 1.165) is 11.3 Å². The minimum absolute atomic E-state index is 0.102. The van der Waals surface area contributed by atoms with E-state index in [1.807, 2.05) is 0 Å². The Morgan fingerprint density at radius 3 is 2.35 bits per heavy atom. The Morgan fingerprint density at radius 1 is 1.06 bits per heavy atom. The van der Waals surface area contributed by atoms with Crippen molar-refractivity contribution in [2.75, 3.05) is 13.7 Å². The predicted molar refractivity (Wildman–Crippen MR) is 113 cm³/mol. The van der Waals surface area contributed by atoms with E-state index in [1.54, 1.807) is 43.3 Å². The van der Waals surface area contributed by atoms with E-state index in [-0.39, 0.29) is 28.6 Å². The van der Waals surface area contributed by atoms with Crippen molar-refractivity contribution < 1.29 is 23.5 Å². The Labute approximate surface area is 181 Å². The van der Waals surface area contributed by atoms with E-state index < -0.39 is 17.5 Å². The number of halogens is 1. The lowest BCUT2D eigenvalue weighted by molar-refractivity contribution is 0.0525. The van der Waals surface area contributed by atoms with Gasteiger partial charge in [0.05, 0.1) is 31.5 Å². The highest BCUT2D eigenvalue weighted by atomic mass is 32.1.